The summed E-state index contributed by atoms with van der Waals surface area (Å²) in [6.07, 6.45) is -1.64. The van der Waals surface area contributed by atoms with Gasteiger partial charge < -0.3 is 5.32 Å². The van der Waals surface area contributed by atoms with Gasteiger partial charge in [0.2, 0.25) is 0 Å². The minimum atomic E-state index is -4.66. The Balaban J connectivity index is 1.59. The minimum absolute atomic E-state index is 0.0607. The van der Waals surface area contributed by atoms with Crippen molar-refractivity contribution in [2.45, 2.75) is 19.6 Å². The van der Waals surface area contributed by atoms with Crippen molar-refractivity contribution in [2.75, 3.05) is 5.32 Å². The molecule has 0 radical (unpaired) electrons. The van der Waals surface area contributed by atoms with Gasteiger partial charge in [-0.15, -0.1) is 0 Å². The lowest BCUT2D eigenvalue weighted by Gasteiger charge is -2.09. The van der Waals surface area contributed by atoms with Gasteiger partial charge >= 0.3 is 6.18 Å². The zero-order valence-corrected chi connectivity index (χ0v) is 18.1. The molecular formula is C19H13BrClF3N6O. The number of benzene rings is 1. The largest absolute Gasteiger partial charge is 0.433 e. The number of aryl methyl sites for hydroxylation is 1. The van der Waals surface area contributed by atoms with Crippen LogP contribution in [-0.4, -0.2) is 30.3 Å². The Hall–Kier alpha value is -2.92. The topological polar surface area (TPSA) is 77.1 Å². The Kier molecular flexibility index (Phi) is 5.48. The third-order valence-corrected chi connectivity index (χ3v) is 5.26. The van der Waals surface area contributed by atoms with Crippen molar-refractivity contribution in [3.05, 3.63) is 74.9 Å². The minimum Gasteiger partial charge on any atom is -0.318 e. The fourth-order valence-corrected chi connectivity index (χ4v) is 3.72. The number of fused-ring (bicyclic) bond motifs is 1. The highest BCUT2D eigenvalue weighted by atomic mass is 79.9. The molecule has 0 aliphatic heterocycles. The highest BCUT2D eigenvalue weighted by Gasteiger charge is 2.36. The first-order chi connectivity index (χ1) is 14.6. The van der Waals surface area contributed by atoms with Crippen LogP contribution in [0.2, 0.25) is 5.02 Å². The number of hydrogen-bond donors (Lipinski definition) is 1. The molecule has 0 saturated carbocycles. The van der Waals surface area contributed by atoms with Crippen LogP contribution >= 0.6 is 27.5 Å². The maximum Gasteiger partial charge on any atom is 0.433 e. The number of carbonyl (C=O) groups is 1. The lowest BCUT2D eigenvalue weighted by Crippen LogP contribution is -2.15. The van der Waals surface area contributed by atoms with Crippen LogP contribution in [0, 0.1) is 6.92 Å². The summed E-state index contributed by atoms with van der Waals surface area (Å²) >= 11 is 9.12. The maximum absolute atomic E-state index is 13.4. The number of anilines is 1. The summed E-state index contributed by atoms with van der Waals surface area (Å²) in [5, 5.41) is 11.2. The van der Waals surface area contributed by atoms with E-state index in [-0.39, 0.29) is 21.5 Å². The van der Waals surface area contributed by atoms with Gasteiger partial charge in [-0.3, -0.25) is 9.48 Å². The van der Waals surface area contributed by atoms with E-state index in [4.69, 9.17) is 11.6 Å². The van der Waals surface area contributed by atoms with Crippen LogP contribution in [-0.2, 0) is 12.7 Å². The number of aromatic nitrogens is 5. The van der Waals surface area contributed by atoms with Gasteiger partial charge in [0.1, 0.15) is 5.69 Å². The lowest BCUT2D eigenvalue weighted by atomic mass is 10.2. The molecule has 3 aromatic heterocycles. The van der Waals surface area contributed by atoms with E-state index >= 15 is 0 Å². The molecule has 0 aliphatic rings. The quantitative estimate of drug-likeness (QED) is 0.418. The second-order valence-corrected chi connectivity index (χ2v) is 7.92. The molecule has 12 heteroatoms. The normalized spacial score (nSPS) is 11.8. The molecule has 160 valence electrons. The molecule has 0 atom stereocenters. The van der Waals surface area contributed by atoms with E-state index < -0.39 is 17.8 Å². The number of alkyl halides is 3. The van der Waals surface area contributed by atoms with E-state index in [9.17, 15) is 18.0 Å². The first-order valence-electron chi connectivity index (χ1n) is 8.83. The highest BCUT2D eigenvalue weighted by molar-refractivity contribution is 9.10. The maximum atomic E-state index is 13.4. The van der Waals surface area contributed by atoms with Gasteiger partial charge in [0.05, 0.1) is 22.9 Å². The lowest BCUT2D eigenvalue weighted by molar-refractivity contribution is -0.142. The number of rotatable bonds is 4. The van der Waals surface area contributed by atoms with Gasteiger partial charge in [-0.05, 0) is 46.6 Å². The van der Waals surface area contributed by atoms with Gasteiger partial charge in [-0.2, -0.15) is 23.4 Å². The number of nitrogens with one attached hydrogen (secondary N) is 1. The van der Waals surface area contributed by atoms with Crippen molar-refractivity contribution >= 4 is 44.8 Å². The summed E-state index contributed by atoms with van der Waals surface area (Å²) in [5.74, 6) is -0.703. The van der Waals surface area contributed by atoms with Crippen molar-refractivity contribution in [2.24, 2.45) is 0 Å². The Bertz CT molecular complexity index is 1300. The van der Waals surface area contributed by atoms with Crippen LogP contribution in [0.3, 0.4) is 0 Å². The fraction of sp³-hybridized carbons (Fsp3) is 0.158. The first kappa shape index (κ1) is 21.3. The molecule has 0 spiro atoms. The summed E-state index contributed by atoms with van der Waals surface area (Å²) < 4.78 is 42.4. The van der Waals surface area contributed by atoms with Gasteiger partial charge in [0.15, 0.2) is 11.3 Å². The van der Waals surface area contributed by atoms with Crippen LogP contribution in [0.25, 0.3) is 5.65 Å². The van der Waals surface area contributed by atoms with E-state index in [1.165, 1.54) is 13.1 Å². The molecule has 31 heavy (non-hydrogen) atoms. The Morgan fingerprint density at radius 2 is 2.06 bits per heavy atom. The van der Waals surface area contributed by atoms with Gasteiger partial charge in [-0.1, -0.05) is 23.7 Å². The smallest absolute Gasteiger partial charge is 0.318 e. The van der Waals surface area contributed by atoms with E-state index in [0.29, 0.717) is 21.8 Å². The molecule has 0 saturated heterocycles. The van der Waals surface area contributed by atoms with Crippen LogP contribution < -0.4 is 5.32 Å². The SMILES string of the molecule is Cc1cc(C(F)(F)F)n2nc(C(=O)Nc3cnn(Cc4cccc(Cl)c4)c3)c(Br)c2n1. The summed E-state index contributed by atoms with van der Waals surface area (Å²) in [6.45, 7) is 1.86. The van der Waals surface area contributed by atoms with Crippen molar-refractivity contribution in [1.29, 1.82) is 0 Å². The van der Waals surface area contributed by atoms with Crippen molar-refractivity contribution < 1.29 is 18.0 Å². The summed E-state index contributed by atoms with van der Waals surface area (Å²) in [7, 11) is 0. The molecule has 7 nitrogen and oxygen atoms in total. The first-order valence-corrected chi connectivity index (χ1v) is 10.0. The zero-order chi connectivity index (χ0) is 22.3. The molecule has 3 heterocycles. The third kappa shape index (κ3) is 4.42. The number of halogens is 5. The Morgan fingerprint density at radius 1 is 1.29 bits per heavy atom. The Labute approximate surface area is 187 Å². The zero-order valence-electron chi connectivity index (χ0n) is 15.8. The average molecular weight is 514 g/mol. The Morgan fingerprint density at radius 3 is 2.77 bits per heavy atom. The van der Waals surface area contributed by atoms with Crippen molar-refractivity contribution in [3.8, 4) is 0 Å². The van der Waals surface area contributed by atoms with E-state index in [1.807, 2.05) is 12.1 Å². The fourth-order valence-electron chi connectivity index (χ4n) is 2.99. The average Bonchev–Trinajstić information content (AvgIpc) is 3.25. The molecule has 1 amide bonds. The number of nitrogens with zero attached hydrogens (tertiary/aromatic N) is 5. The third-order valence-electron chi connectivity index (χ3n) is 4.29. The second kappa shape index (κ2) is 7.97. The van der Waals surface area contributed by atoms with Crippen LogP contribution in [0.5, 0.6) is 0 Å². The number of amides is 1. The molecular weight excluding hydrogens is 501 g/mol. The molecule has 0 unspecified atom stereocenters. The van der Waals surface area contributed by atoms with Gasteiger partial charge in [-0.25, -0.2) is 9.50 Å². The summed E-state index contributed by atoms with van der Waals surface area (Å²) in [5.41, 5.74) is 0.0629. The summed E-state index contributed by atoms with van der Waals surface area (Å²) in [6, 6.07) is 8.12. The predicted octanol–water partition coefficient (Wildman–Crippen LogP) is 4.97. The molecule has 4 rings (SSSR count). The van der Waals surface area contributed by atoms with Crippen LogP contribution in [0.15, 0.2) is 47.2 Å². The second-order valence-electron chi connectivity index (χ2n) is 6.69. The van der Waals surface area contributed by atoms with E-state index in [0.717, 1.165) is 11.6 Å². The van der Waals surface area contributed by atoms with Crippen molar-refractivity contribution in [1.82, 2.24) is 24.4 Å². The van der Waals surface area contributed by atoms with Crippen molar-refractivity contribution in [3.63, 3.8) is 0 Å². The number of carbonyl (C=O) groups excluding carboxylic acids is 1. The standard InChI is InChI=1S/C19H13BrClF3N6O/c1-10-5-14(19(22,23)24)30-17(26-10)15(20)16(28-30)18(31)27-13-7-25-29(9-13)8-11-3-2-4-12(21)6-11/h2-7,9H,8H2,1H3,(H,27,31). The van der Waals surface area contributed by atoms with Gasteiger partial charge in [0, 0.05) is 16.9 Å². The van der Waals surface area contributed by atoms with E-state index in [1.54, 1.807) is 23.0 Å². The molecule has 0 aliphatic carbocycles. The molecule has 1 aromatic carbocycles. The predicted molar refractivity (Wildman–Crippen MR) is 111 cm³/mol. The molecule has 4 aromatic rings. The monoisotopic (exact) mass is 512 g/mol. The number of hydrogen-bond acceptors (Lipinski definition) is 4. The van der Waals surface area contributed by atoms with Crippen LogP contribution in [0.1, 0.15) is 27.4 Å². The molecule has 1 N–H and O–H groups in total. The molecule has 0 fully saturated rings. The highest BCUT2D eigenvalue weighted by Crippen LogP contribution is 2.32. The van der Waals surface area contributed by atoms with Gasteiger partial charge in [0.25, 0.3) is 5.91 Å². The molecule has 0 bridgehead atoms. The van der Waals surface area contributed by atoms with E-state index in [2.05, 4.69) is 36.4 Å². The van der Waals surface area contributed by atoms with Crippen LogP contribution in [0.4, 0.5) is 18.9 Å². The summed E-state index contributed by atoms with van der Waals surface area (Å²) in [4.78, 5) is 16.7.